The summed E-state index contributed by atoms with van der Waals surface area (Å²) in [6, 6.07) is 6.21. The minimum absolute atomic E-state index is 0.599. The van der Waals surface area contributed by atoms with Crippen molar-refractivity contribution < 1.29 is 4.74 Å². The van der Waals surface area contributed by atoms with Crippen LogP contribution in [0.1, 0.15) is 17.9 Å². The van der Waals surface area contributed by atoms with Gasteiger partial charge in [-0.3, -0.25) is 0 Å². The molecule has 2 nitrogen and oxygen atoms in total. The van der Waals surface area contributed by atoms with Gasteiger partial charge in [0.1, 0.15) is 5.75 Å². The quantitative estimate of drug-likeness (QED) is 0.877. The second kappa shape index (κ2) is 4.32. The van der Waals surface area contributed by atoms with Gasteiger partial charge in [-0.05, 0) is 36.7 Å². The van der Waals surface area contributed by atoms with Crippen LogP contribution in [0.15, 0.2) is 22.7 Å². The molecule has 1 aliphatic rings. The van der Waals surface area contributed by atoms with Crippen molar-refractivity contribution >= 4 is 15.9 Å². The van der Waals surface area contributed by atoms with Gasteiger partial charge in [-0.25, -0.2) is 0 Å². The SMILES string of the molecule is COc1ccc(Br)cc1[C@H]1CCNC1. The van der Waals surface area contributed by atoms with E-state index in [0.717, 1.165) is 23.3 Å². The molecule has 3 heteroatoms. The minimum Gasteiger partial charge on any atom is -0.496 e. The van der Waals surface area contributed by atoms with E-state index in [1.54, 1.807) is 7.11 Å². The lowest BCUT2D eigenvalue weighted by molar-refractivity contribution is 0.406. The van der Waals surface area contributed by atoms with Crippen molar-refractivity contribution in [2.75, 3.05) is 20.2 Å². The highest BCUT2D eigenvalue weighted by molar-refractivity contribution is 9.10. The maximum Gasteiger partial charge on any atom is 0.122 e. The summed E-state index contributed by atoms with van der Waals surface area (Å²) in [5, 5.41) is 3.37. The Morgan fingerprint density at radius 3 is 3.00 bits per heavy atom. The average Bonchev–Trinajstić information content (AvgIpc) is 2.70. The fraction of sp³-hybridized carbons (Fsp3) is 0.455. The molecule has 1 N–H and O–H groups in total. The van der Waals surface area contributed by atoms with Gasteiger partial charge in [0.2, 0.25) is 0 Å². The molecule has 0 amide bonds. The first kappa shape index (κ1) is 9.99. The number of nitrogens with one attached hydrogen (secondary N) is 1. The summed E-state index contributed by atoms with van der Waals surface area (Å²) in [5.41, 5.74) is 1.31. The van der Waals surface area contributed by atoms with Crippen LogP contribution >= 0.6 is 15.9 Å². The number of methoxy groups -OCH3 is 1. The summed E-state index contributed by atoms with van der Waals surface area (Å²) < 4.78 is 6.49. The van der Waals surface area contributed by atoms with Crippen LogP contribution in [0.3, 0.4) is 0 Å². The zero-order valence-corrected chi connectivity index (χ0v) is 9.80. The molecule has 14 heavy (non-hydrogen) atoms. The predicted molar refractivity (Wildman–Crippen MR) is 60.9 cm³/mol. The molecular formula is C11H14BrNO. The Morgan fingerprint density at radius 1 is 1.50 bits per heavy atom. The van der Waals surface area contributed by atoms with Gasteiger partial charge in [-0.15, -0.1) is 0 Å². The minimum atomic E-state index is 0.599. The Morgan fingerprint density at radius 2 is 2.36 bits per heavy atom. The lowest BCUT2D eigenvalue weighted by Crippen LogP contribution is -2.08. The summed E-state index contributed by atoms with van der Waals surface area (Å²) in [6.07, 6.45) is 1.20. The second-order valence-corrected chi connectivity index (χ2v) is 4.49. The summed E-state index contributed by atoms with van der Waals surface area (Å²) in [6.45, 7) is 2.17. The first-order valence-electron chi connectivity index (χ1n) is 4.85. The first-order chi connectivity index (χ1) is 6.81. The van der Waals surface area contributed by atoms with Gasteiger partial charge in [0.15, 0.2) is 0 Å². The Bertz CT molecular complexity index is 321. The largest absolute Gasteiger partial charge is 0.496 e. The van der Waals surface area contributed by atoms with E-state index in [1.165, 1.54) is 12.0 Å². The van der Waals surface area contributed by atoms with E-state index < -0.39 is 0 Å². The number of hydrogen-bond acceptors (Lipinski definition) is 2. The topological polar surface area (TPSA) is 21.3 Å². The average molecular weight is 256 g/mol. The van der Waals surface area contributed by atoms with E-state index >= 15 is 0 Å². The molecule has 1 aromatic carbocycles. The Balaban J connectivity index is 2.33. The van der Waals surface area contributed by atoms with Gasteiger partial charge in [0, 0.05) is 16.9 Å². The van der Waals surface area contributed by atoms with E-state index in [2.05, 4.69) is 27.3 Å². The highest BCUT2D eigenvalue weighted by atomic mass is 79.9. The van der Waals surface area contributed by atoms with E-state index in [0.29, 0.717) is 5.92 Å². The number of hydrogen-bond donors (Lipinski definition) is 1. The predicted octanol–water partition coefficient (Wildman–Crippen LogP) is 2.53. The Labute approximate surface area is 92.8 Å². The van der Waals surface area contributed by atoms with E-state index in [4.69, 9.17) is 4.74 Å². The van der Waals surface area contributed by atoms with Crippen LogP contribution < -0.4 is 10.1 Å². The summed E-state index contributed by atoms with van der Waals surface area (Å²) in [5.74, 6) is 1.60. The highest BCUT2D eigenvalue weighted by Gasteiger charge is 2.20. The molecular weight excluding hydrogens is 242 g/mol. The van der Waals surface area contributed by atoms with Crippen molar-refractivity contribution in [2.45, 2.75) is 12.3 Å². The van der Waals surface area contributed by atoms with Crippen LogP contribution in [0.5, 0.6) is 5.75 Å². The zero-order chi connectivity index (χ0) is 9.97. The van der Waals surface area contributed by atoms with Crippen LogP contribution in [0.2, 0.25) is 0 Å². The standard InChI is InChI=1S/C11H14BrNO/c1-14-11-3-2-9(12)6-10(11)8-4-5-13-7-8/h2-3,6,8,13H,4-5,7H2,1H3/t8-/m0/s1. The van der Waals surface area contributed by atoms with Crippen molar-refractivity contribution in [3.8, 4) is 5.75 Å². The van der Waals surface area contributed by atoms with Crippen molar-refractivity contribution in [3.63, 3.8) is 0 Å². The third kappa shape index (κ3) is 1.93. The van der Waals surface area contributed by atoms with Crippen LogP contribution in [-0.4, -0.2) is 20.2 Å². The van der Waals surface area contributed by atoms with Crippen molar-refractivity contribution in [2.24, 2.45) is 0 Å². The van der Waals surface area contributed by atoms with Crippen LogP contribution in [0.4, 0.5) is 0 Å². The van der Waals surface area contributed by atoms with Crippen LogP contribution in [0.25, 0.3) is 0 Å². The summed E-state index contributed by atoms with van der Waals surface area (Å²) in [7, 11) is 1.73. The molecule has 1 aliphatic heterocycles. The molecule has 1 atom stereocenters. The lowest BCUT2D eigenvalue weighted by atomic mass is 9.97. The molecule has 0 unspecified atom stereocenters. The first-order valence-corrected chi connectivity index (χ1v) is 5.64. The second-order valence-electron chi connectivity index (χ2n) is 3.58. The molecule has 0 aliphatic carbocycles. The molecule has 1 aromatic rings. The fourth-order valence-electron chi connectivity index (χ4n) is 1.94. The van der Waals surface area contributed by atoms with Crippen LogP contribution in [-0.2, 0) is 0 Å². The molecule has 0 aromatic heterocycles. The van der Waals surface area contributed by atoms with Gasteiger partial charge >= 0.3 is 0 Å². The molecule has 1 fully saturated rings. The van der Waals surface area contributed by atoms with Crippen molar-refractivity contribution in [3.05, 3.63) is 28.2 Å². The zero-order valence-electron chi connectivity index (χ0n) is 8.22. The molecule has 0 bridgehead atoms. The van der Waals surface area contributed by atoms with Gasteiger partial charge in [-0.1, -0.05) is 15.9 Å². The molecule has 0 spiro atoms. The monoisotopic (exact) mass is 255 g/mol. The van der Waals surface area contributed by atoms with Gasteiger partial charge < -0.3 is 10.1 Å². The molecule has 76 valence electrons. The molecule has 1 saturated heterocycles. The highest BCUT2D eigenvalue weighted by Crippen LogP contribution is 2.32. The normalized spacial score (nSPS) is 21.1. The molecule has 2 rings (SSSR count). The number of benzene rings is 1. The van der Waals surface area contributed by atoms with Gasteiger partial charge in [0.05, 0.1) is 7.11 Å². The van der Waals surface area contributed by atoms with Gasteiger partial charge in [0.25, 0.3) is 0 Å². The maximum atomic E-state index is 5.36. The van der Waals surface area contributed by atoms with E-state index in [-0.39, 0.29) is 0 Å². The van der Waals surface area contributed by atoms with Gasteiger partial charge in [-0.2, -0.15) is 0 Å². The Kier molecular flexibility index (Phi) is 3.08. The van der Waals surface area contributed by atoms with Crippen molar-refractivity contribution in [1.82, 2.24) is 5.32 Å². The Hall–Kier alpha value is -0.540. The third-order valence-electron chi connectivity index (χ3n) is 2.69. The number of halogens is 1. The smallest absolute Gasteiger partial charge is 0.122 e. The number of ether oxygens (including phenoxy) is 1. The van der Waals surface area contributed by atoms with Crippen molar-refractivity contribution in [1.29, 1.82) is 0 Å². The third-order valence-corrected chi connectivity index (χ3v) is 3.19. The lowest BCUT2D eigenvalue weighted by Gasteiger charge is -2.13. The molecule has 0 radical (unpaired) electrons. The van der Waals surface area contributed by atoms with E-state index in [9.17, 15) is 0 Å². The van der Waals surface area contributed by atoms with Crippen LogP contribution in [0, 0.1) is 0 Å². The molecule has 1 heterocycles. The summed E-state index contributed by atoms with van der Waals surface area (Å²) in [4.78, 5) is 0. The maximum absolute atomic E-state index is 5.36. The fourth-order valence-corrected chi connectivity index (χ4v) is 2.32. The summed E-state index contributed by atoms with van der Waals surface area (Å²) >= 11 is 3.50. The number of rotatable bonds is 2. The van der Waals surface area contributed by atoms with E-state index in [1.807, 2.05) is 12.1 Å². The molecule has 0 saturated carbocycles.